The number of thiazole rings is 1. The number of unbranched alkanes of at least 4 members (excludes halogenated alkanes) is 1. The van der Waals surface area contributed by atoms with Crippen LogP contribution < -0.4 is 58.9 Å². The fourth-order valence-corrected chi connectivity index (χ4v) is 14.7. The minimum Gasteiger partial charge on any atom is -0.450 e. The van der Waals surface area contributed by atoms with E-state index in [1.54, 1.807) is 63.1 Å². The summed E-state index contributed by atoms with van der Waals surface area (Å²) in [5.41, 5.74) is 6.35. The molecule has 1 aliphatic rings. The third-order valence-corrected chi connectivity index (χ3v) is 21.6. The van der Waals surface area contributed by atoms with Crippen molar-refractivity contribution in [2.24, 2.45) is 34.8 Å². The first-order valence-corrected chi connectivity index (χ1v) is 42.0. The van der Waals surface area contributed by atoms with E-state index in [-0.39, 0.29) is 110 Å². The van der Waals surface area contributed by atoms with Gasteiger partial charge in [0, 0.05) is 75.5 Å². The van der Waals surface area contributed by atoms with Crippen LogP contribution in [-0.2, 0) is 75.0 Å². The predicted octanol–water partition coefficient (Wildman–Crippen LogP) is 9.30. The van der Waals surface area contributed by atoms with Gasteiger partial charge in [0.05, 0.1) is 61.7 Å². The maximum absolute atomic E-state index is 14.3. The number of alkyl carbamates (subject to hydrolysis) is 1. The molecule has 1 saturated heterocycles. The summed E-state index contributed by atoms with van der Waals surface area (Å²) < 4.78 is 17.0. The largest absolute Gasteiger partial charge is 0.450 e. The van der Waals surface area contributed by atoms with Crippen LogP contribution >= 0.6 is 11.3 Å². The Morgan fingerprint density at radius 3 is 1.82 bits per heavy atom. The topological polar surface area (TPSA) is 398 Å². The molecule has 12 atom stereocenters. The molecule has 30 heteroatoms. The third kappa shape index (κ3) is 34.2. The molecule has 29 nitrogen and oxygen atoms in total. The molecular formula is C87H136N14O15S. The fraction of sp³-hybridized carbons (Fsp3) is 0.621. The van der Waals surface area contributed by atoms with Gasteiger partial charge in [-0.2, -0.15) is 0 Å². The first-order valence-electron chi connectivity index (χ1n) is 41.1. The number of nitrogens with zero attached hydrogens (tertiary/aromatic N) is 3. The van der Waals surface area contributed by atoms with Crippen LogP contribution in [0.3, 0.4) is 0 Å². The first-order chi connectivity index (χ1) is 55.1. The lowest BCUT2D eigenvalue weighted by Gasteiger charge is -2.41. The molecule has 12 amide bonds. The van der Waals surface area contributed by atoms with Crippen molar-refractivity contribution >= 4 is 88.1 Å². The summed E-state index contributed by atoms with van der Waals surface area (Å²) in [6.45, 7) is 32.4. The van der Waals surface area contributed by atoms with Gasteiger partial charge in [0.2, 0.25) is 53.2 Å². The van der Waals surface area contributed by atoms with E-state index in [0.717, 1.165) is 28.1 Å². The number of nitrogens with one attached hydrogen (secondary N) is 10. The monoisotopic (exact) mass is 1650 g/mol. The number of hydrogen-bond donors (Lipinski definition) is 11. The van der Waals surface area contributed by atoms with Crippen LogP contribution in [0.4, 0.5) is 15.3 Å². The Morgan fingerprint density at radius 1 is 0.658 bits per heavy atom. The second-order valence-electron chi connectivity index (χ2n) is 33.7. The van der Waals surface area contributed by atoms with E-state index in [9.17, 15) is 57.5 Å². The van der Waals surface area contributed by atoms with Crippen molar-refractivity contribution in [2.45, 2.75) is 273 Å². The lowest BCUT2D eigenvalue weighted by molar-refractivity contribution is -0.148. The van der Waals surface area contributed by atoms with Gasteiger partial charge in [0.15, 0.2) is 5.78 Å². The second-order valence-corrected chi connectivity index (χ2v) is 34.6. The number of urea groups is 1. The van der Waals surface area contributed by atoms with Gasteiger partial charge >= 0.3 is 12.1 Å². The predicted molar refractivity (Wildman–Crippen MR) is 455 cm³/mol. The van der Waals surface area contributed by atoms with Crippen molar-refractivity contribution in [3.8, 4) is 0 Å². The van der Waals surface area contributed by atoms with Gasteiger partial charge in [-0.15, -0.1) is 11.3 Å². The fourth-order valence-electron chi connectivity index (χ4n) is 14.0. The molecular weight excluding hydrogens is 1510 g/mol. The summed E-state index contributed by atoms with van der Waals surface area (Å²) in [5, 5.41) is 31.3. The minimum absolute atomic E-state index is 0.00493. The molecule has 2 heterocycles. The van der Waals surface area contributed by atoms with E-state index in [4.69, 9.17) is 19.9 Å². The number of aryl methyl sites for hydroxylation is 1. The average Bonchev–Trinajstić information content (AvgIpc) is 1.71. The highest BCUT2D eigenvalue weighted by molar-refractivity contribution is 7.09. The zero-order valence-electron chi connectivity index (χ0n) is 72.8. The zero-order valence-corrected chi connectivity index (χ0v) is 73.6. The molecule has 1 aromatic heterocycles. The highest BCUT2D eigenvalue weighted by Crippen LogP contribution is 2.32. The van der Waals surface area contributed by atoms with Crippen molar-refractivity contribution in [3.63, 3.8) is 0 Å². The Bertz CT molecular complexity index is 3800. The van der Waals surface area contributed by atoms with Crippen molar-refractivity contribution in [1.29, 1.82) is 0 Å². The van der Waals surface area contributed by atoms with Gasteiger partial charge < -0.3 is 82.9 Å². The molecule has 650 valence electrons. The maximum atomic E-state index is 14.3. The molecule has 5 rings (SSSR count). The highest BCUT2D eigenvalue weighted by Gasteiger charge is 2.45. The number of primary amides is 1. The van der Waals surface area contributed by atoms with Crippen molar-refractivity contribution in [2.75, 3.05) is 52.8 Å². The number of amides is 12. The number of anilines is 1. The van der Waals surface area contributed by atoms with Crippen LogP contribution in [0.2, 0.25) is 0 Å². The van der Waals surface area contributed by atoms with Gasteiger partial charge in [0.1, 0.15) is 34.7 Å². The summed E-state index contributed by atoms with van der Waals surface area (Å²) in [6, 6.07) is 19.9. The van der Waals surface area contributed by atoms with Crippen molar-refractivity contribution < 1.29 is 71.7 Å². The van der Waals surface area contributed by atoms with Crippen LogP contribution in [0.1, 0.15) is 209 Å². The number of nitrogens with two attached hydrogens (primary N) is 1. The number of methoxy groups -OCH3 is 2. The summed E-state index contributed by atoms with van der Waals surface area (Å²) in [4.78, 5) is 167. The molecule has 0 spiro atoms. The standard InChI is InChI=1S/C45H70N8O7.C42H66N6O8S/c1-29(2)38(42(59)51-35(19-15-27-48-43(46)60)40(57)49-32-22-20-30(3)21-23-32)52-41(58)34(50-37(55)28-31-16-11-10-12-17-31)18-13-14-26-47-36(54)25-24-33(53-45(7,8)9)39(56)44(4,5)6;1-12-27(5)35(47(9)39(51)34(26(3)4)45-40(52)42(7,8)46-41(53)56-13-2)32(54-10)25-33(49)48-22-17-20-31(48)36(55-11)28(6)37(50)44-30(38-43-21-23-57-38)24-29-18-15-14-16-19-29/h10-12,16-17,20-23,29,33-35,38,53H,13-15,18-19,24-28H2,1-9H3,(H,47,54)(H,49,57)(H,50,55)(H,51,59)(H,52,58)(H3,46,48,60);14-16,18-19,21,23,26-28,30-32,34-36H,12-13,17,20,22,24-25H2,1-11H3,(H,44,50)(H,45,52)(H,46,53)/t33-,34+,35+,38+;27-,28+,30-,31-,32+,34-,35-,36+/m10/s1. The molecule has 117 heavy (non-hydrogen) atoms. The van der Waals surface area contributed by atoms with E-state index in [1.165, 1.54) is 32.3 Å². The van der Waals surface area contributed by atoms with E-state index >= 15 is 0 Å². The van der Waals surface area contributed by atoms with Gasteiger partial charge in [-0.3, -0.25) is 47.9 Å². The minimum atomic E-state index is -1.36. The SMILES string of the molecule is CCOC(=O)NC(C)(C)C(=O)N[C@H](C(=O)N(C)[C@@H]([C@@H](C)CC)[C@@H](CC(=O)N1CCC[C@H]1[C@H](OC)[C@@H](C)C(=O)N[C@@H](Cc1ccccc1)c1nccs1)OC)C(C)C.Cc1ccc(NC(=O)[C@H](CCCNC(N)=O)NC(=O)[C@@H](NC(=O)[C@H](CCCCNC(=O)CC[C@@H](NC(C)(C)C)C(=O)C(C)(C)C)NC(=O)Cc2ccccc2)C(C)C)cc1. The number of rotatable bonds is 45. The van der Waals surface area contributed by atoms with Gasteiger partial charge in [0.25, 0.3) is 0 Å². The Morgan fingerprint density at radius 2 is 1.26 bits per heavy atom. The molecule has 0 bridgehead atoms. The molecule has 0 radical (unpaired) electrons. The van der Waals surface area contributed by atoms with Gasteiger partial charge in [-0.1, -0.05) is 154 Å². The maximum Gasteiger partial charge on any atom is 0.407 e. The normalized spacial score (nSPS) is 15.8. The van der Waals surface area contributed by atoms with Gasteiger partial charge in [-0.25, -0.2) is 14.6 Å². The Balaban J connectivity index is 0.000000493. The quantitative estimate of drug-likeness (QED) is 0.0184. The Kier molecular flexibility index (Phi) is 42.0. The number of likely N-dealkylation sites (N-methyl/N-ethyl adjacent to an activating group) is 1. The number of ether oxygens (including phenoxy) is 3. The Labute approximate surface area is 697 Å². The van der Waals surface area contributed by atoms with E-state index in [2.05, 4.69) is 58.2 Å². The van der Waals surface area contributed by atoms with Crippen LogP contribution in [0, 0.1) is 36.0 Å². The van der Waals surface area contributed by atoms with Crippen LogP contribution in [0.5, 0.6) is 0 Å². The zero-order chi connectivity index (χ0) is 87.5. The number of aromatic nitrogens is 1. The highest BCUT2D eigenvalue weighted by atomic mass is 32.1. The van der Waals surface area contributed by atoms with Crippen molar-refractivity contribution in [1.82, 2.24) is 62.6 Å². The smallest absolute Gasteiger partial charge is 0.407 e. The summed E-state index contributed by atoms with van der Waals surface area (Å²) >= 11 is 1.49. The molecule has 3 aromatic carbocycles. The lowest BCUT2D eigenvalue weighted by atomic mass is 9.84. The van der Waals surface area contributed by atoms with Crippen molar-refractivity contribution in [3.05, 3.63) is 118 Å². The molecule has 0 saturated carbocycles. The summed E-state index contributed by atoms with van der Waals surface area (Å²) in [5.74, 6) is -4.74. The molecule has 1 aliphatic heterocycles. The number of carbonyl (C=O) groups is 12. The van der Waals surface area contributed by atoms with Crippen LogP contribution in [-0.4, -0.2) is 199 Å². The van der Waals surface area contributed by atoms with E-state index in [1.807, 2.05) is 161 Å². The summed E-state index contributed by atoms with van der Waals surface area (Å²) in [7, 11) is 4.79. The van der Waals surface area contributed by atoms with Crippen LogP contribution in [0.25, 0.3) is 0 Å². The number of ketones is 1. The van der Waals surface area contributed by atoms with E-state index in [0.29, 0.717) is 63.7 Å². The van der Waals surface area contributed by atoms with Crippen LogP contribution in [0.15, 0.2) is 96.5 Å². The average molecular weight is 1650 g/mol. The second kappa shape index (κ2) is 49.1. The molecule has 0 unspecified atom stereocenters. The number of carbonyl (C=O) groups excluding carboxylic acids is 12. The van der Waals surface area contributed by atoms with Gasteiger partial charge in [-0.05, 0) is 147 Å². The number of benzene rings is 3. The number of Topliss-reactive ketones (excluding diaryl/α,β-unsaturated/α-hetero) is 1. The molecule has 1 fully saturated rings. The number of hydrogen-bond acceptors (Lipinski definition) is 18. The Hall–Kier alpha value is -9.39. The lowest BCUT2D eigenvalue weighted by Crippen LogP contribution is -2.62. The molecule has 0 aliphatic carbocycles. The molecule has 4 aromatic rings. The first kappa shape index (κ1) is 100.0. The molecule has 12 N–H and O–H groups in total. The summed E-state index contributed by atoms with van der Waals surface area (Å²) in [6.07, 6.45) is 4.69. The van der Waals surface area contributed by atoms with E-state index < -0.39 is 107 Å². The number of likely N-dealkylation sites (tertiary alicyclic amines) is 1. The third-order valence-electron chi connectivity index (χ3n) is 20.7.